The van der Waals surface area contributed by atoms with Crippen LogP contribution < -0.4 is 9.46 Å². The van der Waals surface area contributed by atoms with E-state index in [0.717, 1.165) is 11.5 Å². The number of sulfonamides is 1. The zero-order valence-corrected chi connectivity index (χ0v) is 15.4. The maximum absolute atomic E-state index is 14.1. The number of ether oxygens (including phenoxy) is 1. The summed E-state index contributed by atoms with van der Waals surface area (Å²) in [6.07, 6.45) is 1.30. The lowest BCUT2D eigenvalue weighted by Gasteiger charge is -2.09. The maximum atomic E-state index is 14.1. The van der Waals surface area contributed by atoms with Gasteiger partial charge in [-0.3, -0.25) is 4.72 Å². The van der Waals surface area contributed by atoms with Crippen LogP contribution in [0.25, 0.3) is 21.9 Å². The van der Waals surface area contributed by atoms with E-state index in [9.17, 15) is 12.8 Å². The summed E-state index contributed by atoms with van der Waals surface area (Å²) in [6.45, 7) is 0. The van der Waals surface area contributed by atoms with Crippen molar-refractivity contribution in [3.63, 3.8) is 0 Å². The Morgan fingerprint density at radius 2 is 2.00 bits per heavy atom. The van der Waals surface area contributed by atoms with Crippen molar-refractivity contribution in [2.24, 2.45) is 0 Å². The lowest BCUT2D eigenvalue weighted by molar-refractivity contribution is 0.397. The highest BCUT2D eigenvalue weighted by Gasteiger charge is 2.23. The number of anilines is 1. The smallest absolute Gasteiger partial charge is 0.266 e. The van der Waals surface area contributed by atoms with E-state index in [1.165, 1.54) is 13.3 Å². The molecule has 0 spiro atoms. The predicted molar refractivity (Wildman–Crippen MR) is 100 cm³/mol. The first kappa shape index (κ1) is 17.5. The van der Waals surface area contributed by atoms with Crippen molar-refractivity contribution in [1.82, 2.24) is 15.0 Å². The van der Waals surface area contributed by atoms with E-state index in [2.05, 4.69) is 19.7 Å². The highest BCUT2D eigenvalue weighted by molar-refractivity contribution is 7.93. The topological polar surface area (TPSA) is 97.0 Å². The second-order valence-corrected chi connectivity index (χ2v) is 7.70. The molecular weight excluding hydrogens is 395 g/mol. The fraction of sp³-hybridized carbons (Fsp3) is 0.0588. The molecule has 0 radical (unpaired) electrons. The molecule has 1 aromatic carbocycles. The van der Waals surface area contributed by atoms with Crippen molar-refractivity contribution in [2.75, 3.05) is 11.8 Å². The van der Waals surface area contributed by atoms with Gasteiger partial charge in [-0.2, -0.15) is 4.98 Å². The number of aromatic nitrogens is 3. The van der Waals surface area contributed by atoms with Crippen LogP contribution in [0.15, 0.2) is 47.5 Å². The van der Waals surface area contributed by atoms with E-state index < -0.39 is 21.7 Å². The van der Waals surface area contributed by atoms with Crippen molar-refractivity contribution in [3.8, 4) is 5.88 Å². The van der Waals surface area contributed by atoms with Crippen LogP contribution in [-0.4, -0.2) is 30.5 Å². The molecule has 0 bridgehead atoms. The summed E-state index contributed by atoms with van der Waals surface area (Å²) in [4.78, 5) is 10.9. The summed E-state index contributed by atoms with van der Waals surface area (Å²) in [5.74, 6) is -1.55. The Balaban J connectivity index is 1.82. The van der Waals surface area contributed by atoms with Gasteiger partial charge in [-0.15, -0.1) is 0 Å². The van der Waals surface area contributed by atoms with Gasteiger partial charge in [0, 0.05) is 17.6 Å². The minimum atomic E-state index is -4.17. The van der Waals surface area contributed by atoms with Gasteiger partial charge in [-0.05, 0) is 12.1 Å². The third kappa shape index (κ3) is 3.04. The van der Waals surface area contributed by atoms with Crippen LogP contribution in [0.4, 0.5) is 10.2 Å². The summed E-state index contributed by atoms with van der Waals surface area (Å²) in [6, 6.07) is 10.0. The number of para-hydroxylation sites is 1. The maximum Gasteiger partial charge on any atom is 0.266 e. The number of benzene rings is 1. The Bertz CT molecular complexity index is 1290. The van der Waals surface area contributed by atoms with E-state index in [1.54, 1.807) is 18.2 Å². The number of nitrogens with one attached hydrogen (secondary N) is 2. The number of methoxy groups -OCH3 is 1. The SMILES string of the molecule is COc1nc(NS(=O)(=O)c2c[nH]c3cc4ccccc4nc23)c(F)cc1Cl. The van der Waals surface area contributed by atoms with Gasteiger partial charge in [0.25, 0.3) is 10.0 Å². The van der Waals surface area contributed by atoms with Gasteiger partial charge >= 0.3 is 0 Å². The fourth-order valence-corrected chi connectivity index (χ4v) is 4.02. The quantitative estimate of drug-likeness (QED) is 0.538. The van der Waals surface area contributed by atoms with E-state index in [-0.39, 0.29) is 21.3 Å². The van der Waals surface area contributed by atoms with E-state index in [1.807, 2.05) is 12.1 Å². The number of hydrogen-bond acceptors (Lipinski definition) is 5. The first-order chi connectivity index (χ1) is 12.9. The number of fused-ring (bicyclic) bond motifs is 2. The zero-order valence-electron chi connectivity index (χ0n) is 13.8. The summed E-state index contributed by atoms with van der Waals surface area (Å²) in [5, 5.41) is 0.789. The van der Waals surface area contributed by atoms with E-state index in [0.29, 0.717) is 11.0 Å². The number of aromatic amines is 1. The molecule has 0 amide bonds. The van der Waals surface area contributed by atoms with Crippen LogP contribution in [0.2, 0.25) is 5.02 Å². The molecule has 0 fully saturated rings. The number of pyridine rings is 2. The van der Waals surface area contributed by atoms with E-state index in [4.69, 9.17) is 16.3 Å². The molecule has 7 nitrogen and oxygen atoms in total. The molecule has 3 heterocycles. The molecule has 10 heteroatoms. The Morgan fingerprint density at radius 1 is 1.22 bits per heavy atom. The van der Waals surface area contributed by atoms with Crippen LogP contribution in [0.3, 0.4) is 0 Å². The predicted octanol–water partition coefficient (Wildman–Crippen LogP) is 3.71. The van der Waals surface area contributed by atoms with Gasteiger partial charge in [-0.1, -0.05) is 29.8 Å². The summed E-state index contributed by atoms with van der Waals surface area (Å²) in [7, 11) is -2.88. The molecule has 0 aliphatic rings. The third-order valence-corrected chi connectivity index (χ3v) is 5.55. The molecule has 0 atom stereocenters. The van der Waals surface area contributed by atoms with Crippen LogP contribution in [0, 0.1) is 5.82 Å². The number of hydrogen-bond donors (Lipinski definition) is 2. The first-order valence-corrected chi connectivity index (χ1v) is 9.55. The lowest BCUT2D eigenvalue weighted by atomic mass is 10.2. The molecular formula is C17H12ClFN4O3S. The van der Waals surface area contributed by atoms with Crippen LogP contribution in [0.5, 0.6) is 5.88 Å². The Morgan fingerprint density at radius 3 is 2.78 bits per heavy atom. The highest BCUT2D eigenvalue weighted by Crippen LogP contribution is 2.29. The zero-order chi connectivity index (χ0) is 19.2. The summed E-state index contributed by atoms with van der Waals surface area (Å²) >= 11 is 5.79. The van der Waals surface area contributed by atoms with Gasteiger partial charge in [-0.25, -0.2) is 17.8 Å². The second-order valence-electron chi connectivity index (χ2n) is 5.65. The Labute approximate surface area is 158 Å². The average Bonchev–Trinajstić information content (AvgIpc) is 3.05. The normalized spacial score (nSPS) is 11.8. The van der Waals surface area contributed by atoms with Crippen molar-refractivity contribution >= 4 is 49.4 Å². The Kier molecular flexibility index (Phi) is 4.12. The molecule has 3 aromatic heterocycles. The van der Waals surface area contributed by atoms with Gasteiger partial charge in [0.1, 0.15) is 15.4 Å². The second kappa shape index (κ2) is 6.36. The molecule has 4 aromatic rings. The standard InChI is InChI=1S/C17H12ClFN4O3S/c1-26-17-10(18)7-11(19)16(22-17)23-27(24,25)14-8-20-13-6-9-4-2-3-5-12(9)21-15(13)14/h2-8,20H,1H3,(H,22,23). The first-order valence-electron chi connectivity index (χ1n) is 7.69. The van der Waals surface area contributed by atoms with Crippen LogP contribution in [-0.2, 0) is 10.0 Å². The minimum Gasteiger partial charge on any atom is -0.480 e. The van der Waals surface area contributed by atoms with Crippen LogP contribution >= 0.6 is 11.6 Å². The molecule has 0 saturated heterocycles. The minimum absolute atomic E-state index is 0.0711. The van der Waals surface area contributed by atoms with Crippen molar-refractivity contribution < 1.29 is 17.5 Å². The summed E-state index contributed by atoms with van der Waals surface area (Å²) in [5.41, 5.74) is 1.41. The van der Waals surface area contributed by atoms with Crippen molar-refractivity contribution in [1.29, 1.82) is 0 Å². The molecule has 2 N–H and O–H groups in total. The van der Waals surface area contributed by atoms with E-state index >= 15 is 0 Å². The third-order valence-electron chi connectivity index (χ3n) is 3.93. The largest absolute Gasteiger partial charge is 0.480 e. The van der Waals surface area contributed by atoms with Crippen molar-refractivity contribution in [3.05, 3.63) is 53.4 Å². The van der Waals surface area contributed by atoms with Crippen LogP contribution in [0.1, 0.15) is 0 Å². The van der Waals surface area contributed by atoms with Crippen molar-refractivity contribution in [2.45, 2.75) is 4.90 Å². The van der Waals surface area contributed by atoms with Gasteiger partial charge in [0.2, 0.25) is 5.88 Å². The number of nitrogens with zero attached hydrogens (tertiary/aromatic N) is 2. The molecule has 27 heavy (non-hydrogen) atoms. The molecule has 0 aliphatic heterocycles. The summed E-state index contributed by atoms with van der Waals surface area (Å²) < 4.78 is 46.7. The lowest BCUT2D eigenvalue weighted by Crippen LogP contribution is -2.15. The van der Waals surface area contributed by atoms with Gasteiger partial charge in [0.15, 0.2) is 11.6 Å². The fourth-order valence-electron chi connectivity index (χ4n) is 2.68. The monoisotopic (exact) mass is 406 g/mol. The number of halogens is 2. The number of H-pyrrole nitrogens is 1. The average molecular weight is 407 g/mol. The van der Waals surface area contributed by atoms with Gasteiger partial charge in [0.05, 0.1) is 18.1 Å². The molecule has 138 valence electrons. The van der Waals surface area contributed by atoms with Gasteiger partial charge < -0.3 is 9.72 Å². The number of rotatable bonds is 4. The molecule has 0 aliphatic carbocycles. The molecule has 0 unspecified atom stereocenters. The Hall–Kier alpha value is -2.91. The molecule has 0 saturated carbocycles. The highest BCUT2D eigenvalue weighted by atomic mass is 35.5. The molecule has 4 rings (SSSR count).